The molecule has 0 unspecified atom stereocenters. The standard InChI is InChI=1S/C15H22N2O/c1-2-17(4-3-16)14(18)15-8-11-5-12(9-15)7-13(6-11)10-15/h11-13H,2,4-10H2,1H3. The Hall–Kier alpha value is -1.04. The molecular weight excluding hydrogens is 224 g/mol. The molecule has 4 aliphatic rings. The molecule has 3 heteroatoms. The third-order valence-electron chi connectivity index (χ3n) is 5.42. The molecule has 0 aliphatic heterocycles. The van der Waals surface area contributed by atoms with Gasteiger partial charge >= 0.3 is 0 Å². The highest BCUT2D eigenvalue weighted by atomic mass is 16.2. The lowest BCUT2D eigenvalue weighted by Gasteiger charge is -2.56. The van der Waals surface area contributed by atoms with Crippen LogP contribution in [0.1, 0.15) is 45.4 Å². The Kier molecular flexibility index (Phi) is 2.84. The van der Waals surface area contributed by atoms with E-state index in [-0.39, 0.29) is 17.9 Å². The first-order valence-electron chi connectivity index (χ1n) is 7.33. The maximum atomic E-state index is 12.8. The number of nitrogens with zero attached hydrogens (tertiary/aromatic N) is 2. The molecule has 3 nitrogen and oxygen atoms in total. The predicted molar refractivity (Wildman–Crippen MR) is 68.5 cm³/mol. The van der Waals surface area contributed by atoms with Gasteiger partial charge < -0.3 is 4.90 Å². The quantitative estimate of drug-likeness (QED) is 0.718. The average Bonchev–Trinajstić information content (AvgIpc) is 2.33. The predicted octanol–water partition coefficient (Wildman–Crippen LogP) is 2.57. The van der Waals surface area contributed by atoms with Gasteiger partial charge in [-0.3, -0.25) is 4.79 Å². The second kappa shape index (κ2) is 4.26. The number of rotatable bonds is 3. The third kappa shape index (κ3) is 1.74. The minimum atomic E-state index is -0.0817. The molecule has 0 atom stereocenters. The summed E-state index contributed by atoms with van der Waals surface area (Å²) in [5.74, 6) is 2.66. The van der Waals surface area contributed by atoms with Gasteiger partial charge in [0.25, 0.3) is 0 Å². The van der Waals surface area contributed by atoms with Crippen molar-refractivity contribution in [3.8, 4) is 6.07 Å². The molecule has 0 radical (unpaired) electrons. The zero-order valence-electron chi connectivity index (χ0n) is 11.2. The largest absolute Gasteiger partial charge is 0.329 e. The summed E-state index contributed by atoms with van der Waals surface area (Å²) in [4.78, 5) is 14.6. The van der Waals surface area contributed by atoms with Crippen LogP contribution in [0.15, 0.2) is 0 Å². The number of carbonyl (C=O) groups is 1. The van der Waals surface area contributed by atoms with E-state index in [1.54, 1.807) is 4.90 Å². The molecular formula is C15H22N2O. The van der Waals surface area contributed by atoms with Gasteiger partial charge in [0.15, 0.2) is 0 Å². The van der Waals surface area contributed by atoms with Crippen LogP contribution in [0.2, 0.25) is 0 Å². The normalized spacial score (nSPS) is 40.6. The number of amides is 1. The fraction of sp³-hybridized carbons (Fsp3) is 0.867. The fourth-order valence-electron chi connectivity index (χ4n) is 5.12. The Balaban J connectivity index is 1.82. The molecule has 4 fully saturated rings. The van der Waals surface area contributed by atoms with Crippen molar-refractivity contribution in [3.05, 3.63) is 0 Å². The third-order valence-corrected chi connectivity index (χ3v) is 5.42. The monoisotopic (exact) mass is 246 g/mol. The number of hydrogen-bond acceptors (Lipinski definition) is 2. The minimum absolute atomic E-state index is 0.0817. The molecule has 1 amide bonds. The molecule has 0 saturated heterocycles. The minimum Gasteiger partial charge on any atom is -0.329 e. The molecule has 0 spiro atoms. The summed E-state index contributed by atoms with van der Waals surface area (Å²) in [7, 11) is 0. The maximum absolute atomic E-state index is 12.8. The molecule has 18 heavy (non-hydrogen) atoms. The summed E-state index contributed by atoms with van der Waals surface area (Å²) < 4.78 is 0. The highest BCUT2D eigenvalue weighted by Gasteiger charge is 2.55. The first-order chi connectivity index (χ1) is 8.66. The highest BCUT2D eigenvalue weighted by molar-refractivity contribution is 5.83. The van der Waals surface area contributed by atoms with Crippen molar-refractivity contribution in [2.45, 2.75) is 45.4 Å². The number of nitriles is 1. The molecule has 0 aromatic rings. The molecule has 4 saturated carbocycles. The summed E-state index contributed by atoms with van der Waals surface area (Å²) in [6, 6.07) is 2.14. The maximum Gasteiger partial charge on any atom is 0.229 e. The van der Waals surface area contributed by atoms with E-state index in [0.717, 1.165) is 37.0 Å². The van der Waals surface area contributed by atoms with Crippen molar-refractivity contribution in [1.82, 2.24) is 4.90 Å². The van der Waals surface area contributed by atoms with Crippen LogP contribution < -0.4 is 0 Å². The van der Waals surface area contributed by atoms with Gasteiger partial charge in [-0.25, -0.2) is 0 Å². The molecule has 0 heterocycles. The highest BCUT2D eigenvalue weighted by Crippen LogP contribution is 2.60. The lowest BCUT2D eigenvalue weighted by atomic mass is 9.49. The lowest BCUT2D eigenvalue weighted by molar-refractivity contribution is -0.156. The van der Waals surface area contributed by atoms with E-state index in [1.165, 1.54) is 19.3 Å². The van der Waals surface area contributed by atoms with Gasteiger partial charge in [-0.15, -0.1) is 0 Å². The van der Waals surface area contributed by atoms with E-state index >= 15 is 0 Å². The van der Waals surface area contributed by atoms with E-state index in [4.69, 9.17) is 5.26 Å². The molecule has 4 bridgehead atoms. The molecule has 0 N–H and O–H groups in total. The van der Waals surface area contributed by atoms with Crippen LogP contribution in [0.3, 0.4) is 0 Å². The first kappa shape index (κ1) is 12.0. The second-order valence-electron chi connectivity index (χ2n) is 6.68. The average molecular weight is 246 g/mol. The van der Waals surface area contributed by atoms with Gasteiger partial charge in [-0.1, -0.05) is 0 Å². The zero-order chi connectivity index (χ0) is 12.8. The van der Waals surface area contributed by atoms with E-state index in [1.807, 2.05) is 6.92 Å². The Labute approximate surface area is 109 Å². The van der Waals surface area contributed by atoms with Crippen molar-refractivity contribution < 1.29 is 4.79 Å². The topological polar surface area (TPSA) is 44.1 Å². The van der Waals surface area contributed by atoms with Crippen LogP contribution in [0.5, 0.6) is 0 Å². The van der Waals surface area contributed by atoms with E-state index in [9.17, 15) is 4.79 Å². The van der Waals surface area contributed by atoms with Crippen molar-refractivity contribution in [2.24, 2.45) is 23.2 Å². The number of hydrogen-bond donors (Lipinski definition) is 0. The van der Waals surface area contributed by atoms with Crippen LogP contribution in [0.25, 0.3) is 0 Å². The van der Waals surface area contributed by atoms with E-state index in [0.29, 0.717) is 6.54 Å². The molecule has 4 rings (SSSR count). The summed E-state index contributed by atoms with van der Waals surface area (Å²) in [5, 5.41) is 8.85. The Morgan fingerprint density at radius 3 is 2.11 bits per heavy atom. The van der Waals surface area contributed by atoms with Gasteiger partial charge in [0, 0.05) is 6.54 Å². The van der Waals surface area contributed by atoms with E-state index < -0.39 is 0 Å². The van der Waals surface area contributed by atoms with Gasteiger partial charge in [0.05, 0.1) is 11.5 Å². The van der Waals surface area contributed by atoms with Crippen LogP contribution in [0.4, 0.5) is 0 Å². The van der Waals surface area contributed by atoms with Gasteiger partial charge in [0.1, 0.15) is 6.54 Å². The molecule has 98 valence electrons. The zero-order valence-corrected chi connectivity index (χ0v) is 11.2. The fourth-order valence-corrected chi connectivity index (χ4v) is 5.12. The van der Waals surface area contributed by atoms with Gasteiger partial charge in [-0.05, 0) is 63.2 Å². The van der Waals surface area contributed by atoms with Crippen molar-refractivity contribution in [3.63, 3.8) is 0 Å². The molecule has 4 aliphatic carbocycles. The summed E-state index contributed by atoms with van der Waals surface area (Å²) in [5.41, 5.74) is -0.0817. The van der Waals surface area contributed by atoms with Crippen LogP contribution in [-0.4, -0.2) is 23.9 Å². The summed E-state index contributed by atoms with van der Waals surface area (Å²) in [6.07, 6.45) is 7.37. The first-order valence-corrected chi connectivity index (χ1v) is 7.33. The summed E-state index contributed by atoms with van der Waals surface area (Å²) in [6.45, 7) is 2.92. The number of carbonyl (C=O) groups excluding carboxylic acids is 1. The molecule has 0 aromatic heterocycles. The van der Waals surface area contributed by atoms with Crippen molar-refractivity contribution in [1.29, 1.82) is 5.26 Å². The Bertz CT molecular complexity index is 361. The second-order valence-corrected chi connectivity index (χ2v) is 6.68. The molecule has 0 aromatic carbocycles. The Morgan fingerprint density at radius 1 is 1.22 bits per heavy atom. The van der Waals surface area contributed by atoms with Gasteiger partial charge in [-0.2, -0.15) is 5.26 Å². The van der Waals surface area contributed by atoms with Crippen LogP contribution in [0, 0.1) is 34.5 Å². The van der Waals surface area contributed by atoms with Crippen molar-refractivity contribution in [2.75, 3.05) is 13.1 Å². The lowest BCUT2D eigenvalue weighted by Crippen LogP contribution is -2.54. The van der Waals surface area contributed by atoms with Crippen LogP contribution in [-0.2, 0) is 4.79 Å². The van der Waals surface area contributed by atoms with Crippen LogP contribution >= 0.6 is 0 Å². The van der Waals surface area contributed by atoms with E-state index in [2.05, 4.69) is 6.07 Å². The summed E-state index contributed by atoms with van der Waals surface area (Å²) >= 11 is 0. The van der Waals surface area contributed by atoms with Crippen molar-refractivity contribution >= 4 is 5.91 Å². The Morgan fingerprint density at radius 2 is 1.72 bits per heavy atom. The van der Waals surface area contributed by atoms with Gasteiger partial charge in [0.2, 0.25) is 5.91 Å². The smallest absolute Gasteiger partial charge is 0.229 e. The SMILES string of the molecule is CCN(CC#N)C(=O)C12CC3CC(CC(C3)C1)C2.